The Hall–Kier alpha value is 0.990. The van der Waals surface area contributed by atoms with E-state index >= 15 is 0 Å². The maximum absolute atomic E-state index is 12.6. The largest absolute Gasteiger partial charge is 0.470 e. The molecule has 2 fully saturated rings. The van der Waals surface area contributed by atoms with E-state index in [2.05, 4.69) is 22.6 Å². The third-order valence-electron chi connectivity index (χ3n) is 9.34. The lowest BCUT2D eigenvalue weighted by molar-refractivity contribution is -0.225. The summed E-state index contributed by atoms with van der Waals surface area (Å²) in [4.78, 5) is 158. The highest BCUT2D eigenvalue weighted by molar-refractivity contribution is 8.19. The SMILES string of the molecule is COCCOCCO[C@@H]1C(PP(=O)(O)O)[C@H](OCCOCCOC)[C@@H](OP(=O)(O)O)C(OCCO[C@@H](C)COC2[C@@H](OP(=O)(O)O)[C@H](OP(=O)(O)O)C(OP(=O)(O)O)[C@H](OP(=O)(O)O)[C@H]2OP(=O)(O)O)[C@H]1OP(=O)(O)O. The lowest BCUT2D eigenvalue weighted by Gasteiger charge is -2.49. The molecule has 0 aliphatic heterocycles. The van der Waals surface area contributed by atoms with E-state index in [1.165, 1.54) is 14.2 Å². The van der Waals surface area contributed by atoms with Crippen LogP contribution in [-0.4, -0.2) is 244 Å². The van der Waals surface area contributed by atoms with E-state index in [4.69, 9.17) is 51.7 Å². The van der Waals surface area contributed by atoms with Gasteiger partial charge in [-0.15, -0.1) is 0 Å². The van der Waals surface area contributed by atoms with Crippen molar-refractivity contribution in [3.63, 3.8) is 0 Å². The van der Waals surface area contributed by atoms with E-state index in [1.54, 1.807) is 0 Å². The molecule has 0 heterocycles. The summed E-state index contributed by atoms with van der Waals surface area (Å²) in [5.41, 5.74) is -1.80. The van der Waals surface area contributed by atoms with E-state index in [0.717, 1.165) is 6.92 Å². The molecular formula is C27H61O40P9. The lowest BCUT2D eigenvalue weighted by atomic mass is 9.85. The van der Waals surface area contributed by atoms with Crippen molar-refractivity contribution < 1.29 is 189 Å². The molecule has 0 spiro atoms. The minimum absolute atomic E-state index is 0.0150. The number of phosphoric acid groups is 7. The molecule has 0 bridgehead atoms. The van der Waals surface area contributed by atoms with E-state index in [9.17, 15) is 115 Å². The standard InChI is InChI=1S/C27H61O40P9/c1-15(14-60-17-18(61-69(28,29)30)22(65-73(40,41)42)24(67-75(46,47)48)23(66-74(43,44)45)19(17)62-70(31,32)33)56-12-13-57-16-20(63-71(34,35)36)25(58-10-8-54-6-4-52-2)27(68-76(49,50)51)26(21(16)64-72(37,38)39)59-11-9-55-7-5-53-3/h15-27,68H,4-14H2,1-3H3,(H2,28,29,30)(H2,31,32,33)(H2,34,35,36)(H2,37,38,39)(H2,40,41,42)(H2,43,44,45)(H2,46,47,48)(H2,49,50,51)/t15-,16?,17?,18-,19+,20-,21+,22+,23-,24?,25+,26-,27?/m0/s1. The Labute approximate surface area is 431 Å². The molecule has 49 heteroatoms. The summed E-state index contributed by atoms with van der Waals surface area (Å²) in [5.74, 6) is 0. The summed E-state index contributed by atoms with van der Waals surface area (Å²) in [6, 6.07) is 0. The summed E-state index contributed by atoms with van der Waals surface area (Å²) in [6.45, 7) is -3.24. The van der Waals surface area contributed by atoms with Gasteiger partial charge in [0.15, 0.2) is 0 Å². The van der Waals surface area contributed by atoms with Gasteiger partial charge in [0.25, 0.3) is 0 Å². The van der Waals surface area contributed by atoms with E-state index in [0.29, 0.717) is 0 Å². The minimum Gasteiger partial charge on any atom is -0.382 e. The number of phosphoric ester groups is 7. The van der Waals surface area contributed by atoms with E-state index < -0.39 is 182 Å². The average Bonchev–Trinajstić information content (AvgIpc) is 3.20. The summed E-state index contributed by atoms with van der Waals surface area (Å²) < 4.78 is 180. The highest BCUT2D eigenvalue weighted by atomic mass is 32.1. The fourth-order valence-corrected chi connectivity index (χ4v) is 14.2. The van der Waals surface area contributed by atoms with Crippen LogP contribution >= 0.6 is 70.3 Å². The van der Waals surface area contributed by atoms with Crippen LogP contribution < -0.4 is 0 Å². The number of methoxy groups -OCH3 is 2. The molecule has 2 saturated carbocycles. The molecule has 0 saturated heterocycles. The number of rotatable bonds is 38. The van der Waals surface area contributed by atoms with Crippen molar-refractivity contribution >= 4 is 70.3 Å². The molecule has 40 nitrogen and oxygen atoms in total. The summed E-state index contributed by atoms with van der Waals surface area (Å²) in [7, 11) is -46.3. The van der Waals surface area contributed by atoms with Crippen LogP contribution in [-0.2, 0) is 111 Å². The number of hydrogen-bond donors (Lipinski definition) is 16. The van der Waals surface area contributed by atoms with Gasteiger partial charge in [-0.2, -0.15) is 0 Å². The van der Waals surface area contributed by atoms with Crippen molar-refractivity contribution in [1.82, 2.24) is 0 Å². The third-order valence-corrected chi connectivity index (χ3v) is 16.2. The van der Waals surface area contributed by atoms with Crippen LogP contribution in [0.1, 0.15) is 6.92 Å². The Kier molecular flexibility index (Phi) is 30.5. The summed E-state index contributed by atoms with van der Waals surface area (Å²) in [6.07, 6.45) is -30.3. The van der Waals surface area contributed by atoms with Crippen molar-refractivity contribution in [1.29, 1.82) is 0 Å². The fraction of sp³-hybridized carbons (Fsp3) is 1.00. The molecule has 76 heavy (non-hydrogen) atoms. The molecule has 454 valence electrons. The topological polar surface area (TPSA) is 608 Å². The molecule has 0 aromatic heterocycles. The molecule has 0 amide bonds. The molecule has 2 aliphatic carbocycles. The van der Waals surface area contributed by atoms with Crippen molar-refractivity contribution in [2.24, 2.45) is 0 Å². The van der Waals surface area contributed by atoms with Gasteiger partial charge in [0.05, 0.1) is 91.0 Å². The Balaban J connectivity index is 2.68. The van der Waals surface area contributed by atoms with Gasteiger partial charge in [-0.1, -0.05) is 0 Å². The Morgan fingerprint density at radius 3 is 0.882 bits per heavy atom. The van der Waals surface area contributed by atoms with Gasteiger partial charge in [0.2, 0.25) is 0 Å². The van der Waals surface area contributed by atoms with Crippen LogP contribution in [0.25, 0.3) is 0 Å². The van der Waals surface area contributed by atoms with Gasteiger partial charge < -0.3 is 121 Å². The third kappa shape index (κ3) is 30.0. The van der Waals surface area contributed by atoms with Gasteiger partial charge in [0.1, 0.15) is 54.9 Å². The van der Waals surface area contributed by atoms with Crippen LogP contribution in [0.5, 0.6) is 0 Å². The van der Waals surface area contributed by atoms with Crippen molar-refractivity contribution in [3.05, 3.63) is 0 Å². The van der Waals surface area contributed by atoms with Crippen molar-refractivity contribution in [2.75, 3.05) is 86.9 Å². The second-order valence-corrected chi connectivity index (χ2v) is 28.2. The van der Waals surface area contributed by atoms with Crippen LogP contribution in [0.15, 0.2) is 0 Å². The lowest BCUT2D eigenvalue weighted by Crippen LogP contribution is -2.66. The highest BCUT2D eigenvalue weighted by Crippen LogP contribution is 2.63. The molecule has 16 N–H and O–H groups in total. The van der Waals surface area contributed by atoms with Crippen LogP contribution in [0.3, 0.4) is 0 Å². The minimum atomic E-state index is -6.13. The molecule has 0 radical (unpaired) electrons. The fourth-order valence-electron chi connectivity index (χ4n) is 7.05. The molecule has 2 rings (SSSR count). The smallest absolute Gasteiger partial charge is 0.382 e. The maximum atomic E-state index is 12.6. The van der Waals surface area contributed by atoms with Crippen molar-refractivity contribution in [3.8, 4) is 0 Å². The maximum Gasteiger partial charge on any atom is 0.470 e. The molecule has 2 aliphatic rings. The molecule has 0 aromatic carbocycles. The van der Waals surface area contributed by atoms with Crippen molar-refractivity contribution in [2.45, 2.75) is 85.8 Å². The van der Waals surface area contributed by atoms with E-state index in [-0.39, 0.29) is 39.6 Å². The van der Waals surface area contributed by atoms with Crippen LogP contribution in [0.4, 0.5) is 0 Å². The van der Waals surface area contributed by atoms with Crippen LogP contribution in [0.2, 0.25) is 0 Å². The van der Waals surface area contributed by atoms with Gasteiger partial charge in [-0.3, -0.25) is 36.2 Å². The zero-order chi connectivity index (χ0) is 58.3. The zero-order valence-corrected chi connectivity index (χ0v) is 47.5. The normalized spacial score (nSPS) is 28.4. The monoisotopic (exact) mass is 1300 g/mol. The first-order valence-electron chi connectivity index (χ1n) is 20.8. The van der Waals surface area contributed by atoms with Gasteiger partial charge in [0, 0.05) is 28.1 Å². The first-order valence-corrected chi connectivity index (χ1v) is 35.0. The Morgan fingerprint density at radius 1 is 0.342 bits per heavy atom. The predicted octanol–water partition coefficient (Wildman–Crippen LogP) is -3.23. The first kappa shape index (κ1) is 73.1. The highest BCUT2D eigenvalue weighted by Gasteiger charge is 2.62. The predicted molar refractivity (Wildman–Crippen MR) is 242 cm³/mol. The average molecular weight is 1300 g/mol. The van der Waals surface area contributed by atoms with Gasteiger partial charge >= 0.3 is 62.0 Å². The molecule has 5 unspecified atom stereocenters. The van der Waals surface area contributed by atoms with E-state index in [1.807, 2.05) is 0 Å². The van der Waals surface area contributed by atoms with Crippen LogP contribution in [0, 0.1) is 0 Å². The first-order chi connectivity index (χ1) is 34.5. The summed E-state index contributed by atoms with van der Waals surface area (Å²) in [5, 5.41) is 0. The molecule has 14 atom stereocenters. The molecule has 0 aromatic rings. The second-order valence-electron chi connectivity index (χ2n) is 15.3. The molecular weight excluding hydrogens is 1240 g/mol. The number of hydrogen-bond acceptors (Lipinski definition) is 24. The second kappa shape index (κ2) is 31.8. The van der Waals surface area contributed by atoms with Gasteiger partial charge in [-0.25, -0.2) is 32.0 Å². The number of ether oxygens (including phenoxy) is 9. The summed E-state index contributed by atoms with van der Waals surface area (Å²) >= 11 is 0. The van der Waals surface area contributed by atoms with Gasteiger partial charge in [-0.05, 0) is 6.92 Å². The quantitative estimate of drug-likeness (QED) is 0.0213. The Morgan fingerprint density at radius 2 is 0.592 bits per heavy atom. The zero-order valence-electron chi connectivity index (χ0n) is 39.3. The Bertz CT molecular complexity index is 2010.